The number of nitrogens with zero attached hydrogens (tertiary/aromatic N) is 2. The van der Waals surface area contributed by atoms with Gasteiger partial charge in [0.15, 0.2) is 5.52 Å². The van der Waals surface area contributed by atoms with Crippen LogP contribution in [0.25, 0.3) is 21.0 Å². The monoisotopic (exact) mass is 469 g/mol. The van der Waals surface area contributed by atoms with Gasteiger partial charge in [0.2, 0.25) is 0 Å². The Kier molecular flexibility index (Phi) is 9.04. The number of anilines is 1. The number of thiazole rings is 1. The van der Waals surface area contributed by atoms with E-state index in [0.29, 0.717) is 11.8 Å². The molecule has 0 bridgehead atoms. The fourth-order valence-corrected chi connectivity index (χ4v) is 5.72. The minimum absolute atomic E-state index is 0. The van der Waals surface area contributed by atoms with Crippen LogP contribution in [-0.2, 0) is 6.54 Å². The molecule has 0 amide bonds. The summed E-state index contributed by atoms with van der Waals surface area (Å²) in [7, 11) is 4.27. The number of fused-ring (bicyclic) bond motifs is 3. The second kappa shape index (κ2) is 10.9. The lowest BCUT2D eigenvalue weighted by Crippen LogP contribution is -3.00. The van der Waals surface area contributed by atoms with Gasteiger partial charge >= 0.3 is 5.13 Å². The first-order chi connectivity index (χ1) is 13.6. The zero-order chi connectivity index (χ0) is 19.7. The molecule has 0 spiro atoms. The van der Waals surface area contributed by atoms with Crippen LogP contribution in [0.4, 0.5) is 5.13 Å². The van der Waals surface area contributed by atoms with Crippen molar-refractivity contribution < 1.29 is 22.1 Å². The highest BCUT2D eigenvalue weighted by Gasteiger charge is 2.27. The van der Waals surface area contributed by atoms with Gasteiger partial charge in [0.1, 0.15) is 5.75 Å². The Labute approximate surface area is 196 Å². The van der Waals surface area contributed by atoms with E-state index in [-0.39, 0.29) is 24.8 Å². The molecule has 1 heterocycles. The number of hydrogen-bond acceptors (Lipinski definition) is 4. The molecule has 1 aliphatic carbocycles. The maximum absolute atomic E-state index is 10.8. The van der Waals surface area contributed by atoms with Crippen molar-refractivity contribution in [3.63, 3.8) is 0 Å². The van der Waals surface area contributed by atoms with Gasteiger partial charge in [-0.2, -0.15) is 0 Å². The topological polar surface area (TPSA) is 39.4 Å². The van der Waals surface area contributed by atoms with Gasteiger partial charge < -0.3 is 22.4 Å². The molecule has 1 saturated carbocycles. The van der Waals surface area contributed by atoms with Crippen LogP contribution in [0.5, 0.6) is 5.75 Å². The summed E-state index contributed by atoms with van der Waals surface area (Å²) < 4.78 is 3.69. The average molecular weight is 471 g/mol. The van der Waals surface area contributed by atoms with Gasteiger partial charge in [0.25, 0.3) is 0 Å². The van der Waals surface area contributed by atoms with E-state index < -0.39 is 0 Å². The molecule has 3 aromatic rings. The Morgan fingerprint density at radius 2 is 1.80 bits per heavy atom. The molecular formula is C23H33Cl2N3OS. The van der Waals surface area contributed by atoms with Crippen LogP contribution in [0.1, 0.15) is 44.1 Å². The summed E-state index contributed by atoms with van der Waals surface area (Å²) in [5.74, 6) is 0.425. The molecular weight excluding hydrogens is 437 g/mol. The molecule has 0 saturated heterocycles. The molecule has 4 rings (SSSR count). The average Bonchev–Trinajstić information content (AvgIpc) is 3.05. The van der Waals surface area contributed by atoms with Gasteiger partial charge in [-0.25, -0.2) is 4.57 Å². The first-order valence-electron chi connectivity index (χ1n) is 10.5. The Morgan fingerprint density at radius 3 is 2.47 bits per heavy atom. The summed E-state index contributed by atoms with van der Waals surface area (Å²) in [6, 6.07) is 8.84. The Morgan fingerprint density at radius 1 is 1.13 bits per heavy atom. The SMILES string of the molecule is Cc1c(O)c2ccccc2c2c1sc(NC1CCCCC1)[n+]2CCCN(C)C.Cl.[Cl-]. The fourth-order valence-electron chi connectivity index (χ4n) is 4.44. The van der Waals surface area contributed by atoms with Crippen molar-refractivity contribution in [2.24, 2.45) is 0 Å². The standard InChI is InChI=1S/C23H31N3OS.2ClH/c1-16-21(27)19-13-8-7-12-18(19)20-22(16)28-23(24-17-10-5-4-6-11-17)26(20)15-9-14-25(2)3;;/h7-8,12-13,17,27H,4-6,9-11,14-15H2,1-3H3;2*1H. The van der Waals surface area contributed by atoms with Crippen LogP contribution in [0.15, 0.2) is 24.3 Å². The third kappa shape index (κ3) is 4.96. The van der Waals surface area contributed by atoms with Crippen LogP contribution < -0.4 is 22.3 Å². The maximum Gasteiger partial charge on any atom is 0.335 e. The highest BCUT2D eigenvalue weighted by atomic mass is 35.5. The van der Waals surface area contributed by atoms with Crippen molar-refractivity contribution in [2.45, 2.75) is 58.0 Å². The number of hydrogen-bond donors (Lipinski definition) is 2. The number of halogens is 2. The Hall–Kier alpha value is -1.27. The first kappa shape index (κ1) is 25.0. The molecule has 0 radical (unpaired) electrons. The molecule has 0 atom stereocenters. The predicted octanol–water partition coefficient (Wildman–Crippen LogP) is 2.48. The summed E-state index contributed by atoms with van der Waals surface area (Å²) in [6.07, 6.45) is 7.65. The Balaban J connectivity index is 0.00000160. The number of aromatic nitrogens is 1. The summed E-state index contributed by atoms with van der Waals surface area (Å²) in [4.78, 5) is 2.25. The van der Waals surface area contributed by atoms with Gasteiger partial charge in [0, 0.05) is 22.9 Å². The number of benzene rings is 2. The molecule has 1 fully saturated rings. The molecule has 4 nitrogen and oxygen atoms in total. The molecule has 2 N–H and O–H groups in total. The van der Waals surface area contributed by atoms with Crippen molar-refractivity contribution in [3.05, 3.63) is 29.8 Å². The number of nitrogens with one attached hydrogen (secondary N) is 1. The van der Waals surface area contributed by atoms with E-state index in [0.717, 1.165) is 35.8 Å². The molecule has 0 unspecified atom stereocenters. The van der Waals surface area contributed by atoms with E-state index in [9.17, 15) is 5.11 Å². The summed E-state index contributed by atoms with van der Waals surface area (Å²) in [5, 5.41) is 18.0. The van der Waals surface area contributed by atoms with Crippen molar-refractivity contribution in [3.8, 4) is 5.75 Å². The molecule has 1 aromatic heterocycles. The van der Waals surface area contributed by atoms with E-state index in [1.807, 2.05) is 23.5 Å². The quantitative estimate of drug-likeness (QED) is 0.544. The lowest BCUT2D eigenvalue weighted by atomic mass is 9.96. The second-order valence-electron chi connectivity index (χ2n) is 8.39. The normalized spacial score (nSPS) is 14.7. The number of phenols is 1. The van der Waals surface area contributed by atoms with Crippen molar-refractivity contribution >= 4 is 49.9 Å². The lowest BCUT2D eigenvalue weighted by molar-refractivity contribution is -0.653. The number of aromatic hydroxyl groups is 1. The highest BCUT2D eigenvalue weighted by Crippen LogP contribution is 2.40. The van der Waals surface area contributed by atoms with Crippen LogP contribution in [0.3, 0.4) is 0 Å². The van der Waals surface area contributed by atoms with Gasteiger partial charge in [-0.1, -0.05) is 24.6 Å². The van der Waals surface area contributed by atoms with E-state index in [2.05, 4.69) is 47.9 Å². The smallest absolute Gasteiger partial charge is 0.335 e. The van der Waals surface area contributed by atoms with E-state index >= 15 is 0 Å². The zero-order valence-corrected chi connectivity index (χ0v) is 20.5. The van der Waals surface area contributed by atoms with Gasteiger partial charge in [-0.3, -0.25) is 5.32 Å². The van der Waals surface area contributed by atoms with E-state index in [1.54, 1.807) is 0 Å². The number of rotatable bonds is 6. The second-order valence-corrected chi connectivity index (χ2v) is 9.39. The van der Waals surface area contributed by atoms with Gasteiger partial charge in [-0.15, -0.1) is 12.4 Å². The minimum atomic E-state index is 0. The molecule has 2 aromatic carbocycles. The Bertz CT molecular complexity index is 984. The summed E-state index contributed by atoms with van der Waals surface area (Å²) in [6.45, 7) is 4.11. The fraction of sp³-hybridized carbons (Fsp3) is 0.522. The van der Waals surface area contributed by atoms with Crippen LogP contribution in [0, 0.1) is 6.92 Å². The van der Waals surface area contributed by atoms with Crippen molar-refractivity contribution in [2.75, 3.05) is 26.0 Å². The number of aryl methyl sites for hydroxylation is 2. The largest absolute Gasteiger partial charge is 1.00 e. The van der Waals surface area contributed by atoms with Gasteiger partial charge in [-0.05, 0) is 70.5 Å². The van der Waals surface area contributed by atoms with Crippen molar-refractivity contribution in [1.82, 2.24) is 4.90 Å². The van der Waals surface area contributed by atoms with Crippen LogP contribution in [0.2, 0.25) is 0 Å². The highest BCUT2D eigenvalue weighted by molar-refractivity contribution is 7.22. The zero-order valence-electron chi connectivity index (χ0n) is 18.1. The molecule has 30 heavy (non-hydrogen) atoms. The summed E-state index contributed by atoms with van der Waals surface area (Å²) in [5.41, 5.74) is 2.27. The maximum atomic E-state index is 10.8. The third-order valence-corrected chi connectivity index (χ3v) is 7.22. The van der Waals surface area contributed by atoms with Crippen LogP contribution in [-0.4, -0.2) is 36.7 Å². The van der Waals surface area contributed by atoms with Crippen LogP contribution >= 0.6 is 23.7 Å². The van der Waals surface area contributed by atoms with Gasteiger partial charge in [0.05, 0.1) is 17.3 Å². The first-order valence-corrected chi connectivity index (χ1v) is 11.4. The number of phenolic OH excluding ortho intramolecular Hbond substituents is 1. The molecule has 7 heteroatoms. The van der Waals surface area contributed by atoms with E-state index in [4.69, 9.17) is 0 Å². The summed E-state index contributed by atoms with van der Waals surface area (Å²) >= 11 is 1.81. The minimum Gasteiger partial charge on any atom is -1.00 e. The van der Waals surface area contributed by atoms with E-state index in [1.165, 1.54) is 47.5 Å². The predicted molar refractivity (Wildman–Crippen MR) is 127 cm³/mol. The lowest BCUT2D eigenvalue weighted by Gasteiger charge is -2.19. The molecule has 166 valence electrons. The molecule has 1 aliphatic rings. The molecule has 0 aliphatic heterocycles. The third-order valence-electron chi connectivity index (χ3n) is 5.98. The van der Waals surface area contributed by atoms with Crippen molar-refractivity contribution in [1.29, 1.82) is 0 Å².